The summed E-state index contributed by atoms with van der Waals surface area (Å²) >= 11 is 14.2. The van der Waals surface area contributed by atoms with E-state index in [0.29, 0.717) is 0 Å². The Bertz CT molecular complexity index is 252. The standard InChI is InChI=1S/C6H4S6/c7-4-3(5(8)12-11-4)6-9-1-2-10-6/h1-2H2. The first-order valence-electron chi connectivity index (χ1n) is 3.22. The molecule has 2 fully saturated rings. The van der Waals surface area contributed by atoms with Gasteiger partial charge in [0.2, 0.25) is 0 Å². The summed E-state index contributed by atoms with van der Waals surface area (Å²) in [5, 5.41) is 0. The molecule has 2 saturated heterocycles. The first-order valence-corrected chi connectivity index (χ1v) is 8.16. The molecule has 2 heterocycles. The Morgan fingerprint density at radius 1 is 0.917 bits per heavy atom. The number of thioether (sulfide) groups is 2. The van der Waals surface area contributed by atoms with Crippen molar-refractivity contribution in [3.63, 3.8) is 0 Å². The zero-order valence-electron chi connectivity index (χ0n) is 5.86. The molecule has 6 heteroatoms. The molecule has 0 radical (unpaired) electrons. The third-order valence-corrected chi connectivity index (χ3v) is 7.66. The first kappa shape index (κ1) is 9.86. The third kappa shape index (κ3) is 1.88. The van der Waals surface area contributed by atoms with Gasteiger partial charge in [-0.15, -0.1) is 23.5 Å². The molecule has 0 amide bonds. The molecule has 0 N–H and O–H groups in total. The van der Waals surface area contributed by atoms with Crippen molar-refractivity contribution in [2.45, 2.75) is 0 Å². The van der Waals surface area contributed by atoms with Crippen molar-refractivity contribution in [3.05, 3.63) is 9.81 Å². The molecule has 64 valence electrons. The summed E-state index contributed by atoms with van der Waals surface area (Å²) in [6, 6.07) is 0. The lowest BCUT2D eigenvalue weighted by Gasteiger charge is -1.99. The molecule has 0 aromatic heterocycles. The molecule has 2 aliphatic rings. The summed E-state index contributed by atoms with van der Waals surface area (Å²) in [5.41, 5.74) is 1.17. The van der Waals surface area contributed by atoms with Crippen LogP contribution in [0.5, 0.6) is 0 Å². The van der Waals surface area contributed by atoms with Crippen LogP contribution in [0.25, 0.3) is 0 Å². The van der Waals surface area contributed by atoms with Gasteiger partial charge in [-0.3, -0.25) is 0 Å². The molecule has 0 aromatic carbocycles. The molecular weight excluding hydrogens is 264 g/mol. The van der Waals surface area contributed by atoms with Gasteiger partial charge in [-0.2, -0.15) is 0 Å². The van der Waals surface area contributed by atoms with E-state index in [1.165, 1.54) is 21.3 Å². The highest BCUT2D eigenvalue weighted by atomic mass is 33.1. The molecule has 0 bridgehead atoms. The molecule has 0 nitrogen and oxygen atoms in total. The smallest absolute Gasteiger partial charge is 0.0925 e. The van der Waals surface area contributed by atoms with Crippen LogP contribution < -0.4 is 0 Å². The summed E-state index contributed by atoms with van der Waals surface area (Å²) in [7, 11) is 3.25. The predicted molar refractivity (Wildman–Crippen MR) is 72.3 cm³/mol. The van der Waals surface area contributed by atoms with Gasteiger partial charge in [0.25, 0.3) is 0 Å². The lowest BCUT2D eigenvalue weighted by Crippen LogP contribution is -1.94. The maximum Gasteiger partial charge on any atom is 0.0925 e. The van der Waals surface area contributed by atoms with Gasteiger partial charge < -0.3 is 0 Å². The minimum Gasteiger partial charge on any atom is -0.118 e. The van der Waals surface area contributed by atoms with Gasteiger partial charge in [-0.1, -0.05) is 24.4 Å². The molecular formula is C6H4S6. The van der Waals surface area contributed by atoms with Crippen molar-refractivity contribution in [1.82, 2.24) is 0 Å². The molecule has 0 unspecified atom stereocenters. The summed E-state index contributed by atoms with van der Waals surface area (Å²) in [4.78, 5) is 0. The van der Waals surface area contributed by atoms with E-state index in [1.807, 2.05) is 23.5 Å². The number of hydrogen-bond donors (Lipinski definition) is 0. The lowest BCUT2D eigenvalue weighted by molar-refractivity contribution is 1.59. The van der Waals surface area contributed by atoms with E-state index in [1.54, 1.807) is 21.6 Å². The molecule has 0 saturated carbocycles. The maximum absolute atomic E-state index is 5.22. The topological polar surface area (TPSA) is 0 Å². The Morgan fingerprint density at radius 3 is 1.92 bits per heavy atom. The molecule has 0 aromatic rings. The van der Waals surface area contributed by atoms with Crippen LogP contribution in [0.3, 0.4) is 0 Å². The van der Waals surface area contributed by atoms with Crippen LogP contribution in [-0.2, 0) is 0 Å². The monoisotopic (exact) mass is 268 g/mol. The Balaban J connectivity index is 2.35. The lowest BCUT2D eigenvalue weighted by atomic mass is 10.4. The van der Waals surface area contributed by atoms with E-state index in [-0.39, 0.29) is 0 Å². The number of thiocarbonyl (C=S) groups is 2. The highest BCUT2D eigenvalue weighted by molar-refractivity contribution is 8.91. The van der Waals surface area contributed by atoms with Gasteiger partial charge in [0.1, 0.15) is 0 Å². The highest BCUT2D eigenvalue weighted by Crippen LogP contribution is 2.48. The average molecular weight is 268 g/mol. The van der Waals surface area contributed by atoms with Crippen LogP contribution in [-0.4, -0.2) is 19.9 Å². The fourth-order valence-electron chi connectivity index (χ4n) is 0.864. The number of hydrogen-bond acceptors (Lipinski definition) is 6. The Morgan fingerprint density at radius 2 is 1.42 bits per heavy atom. The van der Waals surface area contributed by atoms with Crippen molar-refractivity contribution in [2.24, 2.45) is 0 Å². The normalized spacial score (nSPS) is 24.3. The molecule has 0 aliphatic carbocycles. The number of rotatable bonds is 0. The Kier molecular flexibility index (Phi) is 3.47. The van der Waals surface area contributed by atoms with E-state index in [2.05, 4.69) is 0 Å². The second kappa shape index (κ2) is 4.23. The summed E-state index contributed by atoms with van der Waals surface area (Å²) in [6.07, 6.45) is 0. The quantitative estimate of drug-likeness (QED) is 0.370. The average Bonchev–Trinajstić information content (AvgIpc) is 2.61. The second-order valence-corrected chi connectivity index (χ2v) is 8.05. The van der Waals surface area contributed by atoms with Crippen molar-refractivity contribution >= 4 is 77.9 Å². The van der Waals surface area contributed by atoms with Gasteiger partial charge in [0, 0.05) is 17.1 Å². The van der Waals surface area contributed by atoms with E-state index < -0.39 is 0 Å². The van der Waals surface area contributed by atoms with E-state index in [9.17, 15) is 0 Å². The van der Waals surface area contributed by atoms with E-state index >= 15 is 0 Å². The maximum atomic E-state index is 5.22. The Labute approximate surface area is 98.5 Å². The van der Waals surface area contributed by atoms with Crippen molar-refractivity contribution in [2.75, 3.05) is 11.5 Å². The van der Waals surface area contributed by atoms with Crippen LogP contribution in [0.15, 0.2) is 9.81 Å². The molecule has 2 aliphatic heterocycles. The van der Waals surface area contributed by atoms with Gasteiger partial charge in [0.15, 0.2) is 0 Å². The molecule has 12 heavy (non-hydrogen) atoms. The molecule has 0 atom stereocenters. The second-order valence-electron chi connectivity index (χ2n) is 2.10. The minimum atomic E-state index is 0.974. The predicted octanol–water partition coefficient (Wildman–Crippen LogP) is 3.73. The van der Waals surface area contributed by atoms with Crippen molar-refractivity contribution in [1.29, 1.82) is 0 Å². The van der Waals surface area contributed by atoms with Crippen LogP contribution in [0.2, 0.25) is 0 Å². The molecule has 2 rings (SSSR count). The van der Waals surface area contributed by atoms with Crippen LogP contribution >= 0.6 is 69.5 Å². The SMILES string of the molecule is S=C1SSC(=S)C1=C1SCCS1. The van der Waals surface area contributed by atoms with E-state index in [0.717, 1.165) is 8.39 Å². The van der Waals surface area contributed by atoms with Crippen LogP contribution in [0, 0.1) is 0 Å². The largest absolute Gasteiger partial charge is 0.118 e. The summed E-state index contributed by atoms with van der Waals surface area (Å²) in [5.74, 6) is 2.40. The van der Waals surface area contributed by atoms with Gasteiger partial charge in [0.05, 0.1) is 12.6 Å². The molecule has 0 spiro atoms. The zero-order chi connectivity index (χ0) is 8.55. The zero-order valence-corrected chi connectivity index (χ0v) is 10.8. The summed E-state index contributed by atoms with van der Waals surface area (Å²) < 4.78 is 3.30. The van der Waals surface area contributed by atoms with Crippen LogP contribution in [0.4, 0.5) is 0 Å². The fraction of sp³-hybridized carbons (Fsp3) is 0.333. The van der Waals surface area contributed by atoms with Gasteiger partial charge in [-0.05, 0) is 21.6 Å². The van der Waals surface area contributed by atoms with Crippen molar-refractivity contribution < 1.29 is 0 Å². The fourth-order valence-corrected chi connectivity index (χ4v) is 6.91. The first-order chi connectivity index (χ1) is 5.79. The summed E-state index contributed by atoms with van der Waals surface area (Å²) in [6.45, 7) is 0. The Hall–Kier alpha value is 1.32. The van der Waals surface area contributed by atoms with E-state index in [4.69, 9.17) is 24.4 Å². The van der Waals surface area contributed by atoms with Gasteiger partial charge in [-0.25, -0.2) is 0 Å². The highest BCUT2D eigenvalue weighted by Gasteiger charge is 2.27. The minimum absolute atomic E-state index is 0.974. The third-order valence-electron chi connectivity index (χ3n) is 1.36. The van der Waals surface area contributed by atoms with Crippen LogP contribution in [0.1, 0.15) is 0 Å². The van der Waals surface area contributed by atoms with Gasteiger partial charge >= 0.3 is 0 Å². The van der Waals surface area contributed by atoms with Crippen molar-refractivity contribution in [3.8, 4) is 0 Å².